The van der Waals surface area contributed by atoms with Gasteiger partial charge in [0, 0.05) is 19.4 Å². The Morgan fingerprint density at radius 2 is 2.50 bits per heavy atom. The van der Waals surface area contributed by atoms with Gasteiger partial charge >= 0.3 is 0 Å². The third-order valence-electron chi connectivity index (χ3n) is 2.17. The van der Waals surface area contributed by atoms with Crippen molar-refractivity contribution >= 4 is 6.72 Å². The van der Waals surface area contributed by atoms with Gasteiger partial charge < -0.3 is 5.32 Å². The van der Waals surface area contributed by atoms with Crippen molar-refractivity contribution in [3.63, 3.8) is 0 Å². The van der Waals surface area contributed by atoms with Crippen LogP contribution < -0.4 is 5.32 Å². The highest BCUT2D eigenvalue weighted by molar-refractivity contribution is 5.15. The lowest BCUT2D eigenvalue weighted by molar-refractivity contribution is -0.554. The molecular formula is C8H17N2+. The molecule has 1 heterocycles. The van der Waals surface area contributed by atoms with E-state index in [-0.39, 0.29) is 0 Å². The minimum atomic E-state index is 0.655. The van der Waals surface area contributed by atoms with Gasteiger partial charge in [-0.15, -0.1) is 0 Å². The molecule has 10 heavy (non-hydrogen) atoms. The van der Waals surface area contributed by atoms with Crippen molar-refractivity contribution in [2.45, 2.75) is 25.8 Å². The minimum Gasteiger partial charge on any atom is -0.310 e. The van der Waals surface area contributed by atoms with Crippen LogP contribution in [0.3, 0.4) is 0 Å². The zero-order valence-corrected chi connectivity index (χ0v) is 6.77. The van der Waals surface area contributed by atoms with Gasteiger partial charge in [0.25, 0.3) is 0 Å². The van der Waals surface area contributed by atoms with Crippen molar-refractivity contribution in [1.82, 2.24) is 5.32 Å². The average molecular weight is 141 g/mol. The summed E-state index contributed by atoms with van der Waals surface area (Å²) in [5, 5.41) is 3.40. The van der Waals surface area contributed by atoms with Crippen LogP contribution in [-0.4, -0.2) is 37.0 Å². The fourth-order valence-electron chi connectivity index (χ4n) is 1.39. The van der Waals surface area contributed by atoms with Crippen LogP contribution >= 0.6 is 0 Å². The van der Waals surface area contributed by atoms with Crippen molar-refractivity contribution < 1.29 is 4.58 Å². The van der Waals surface area contributed by atoms with Crippen LogP contribution in [0.15, 0.2) is 0 Å². The first-order valence-corrected chi connectivity index (χ1v) is 4.12. The summed E-state index contributed by atoms with van der Waals surface area (Å²) in [5.41, 5.74) is 0. The Hall–Kier alpha value is -0.370. The Labute approximate surface area is 62.9 Å². The van der Waals surface area contributed by atoms with Crippen molar-refractivity contribution in [2.75, 3.05) is 19.6 Å². The maximum atomic E-state index is 4.00. The van der Waals surface area contributed by atoms with Gasteiger partial charge in [-0.1, -0.05) is 6.92 Å². The largest absolute Gasteiger partial charge is 0.310 e. The molecule has 1 N–H and O–H groups in total. The summed E-state index contributed by atoms with van der Waals surface area (Å²) in [4.78, 5) is 0. The number of rotatable bonds is 1. The molecule has 0 aromatic rings. The van der Waals surface area contributed by atoms with Crippen molar-refractivity contribution in [3.8, 4) is 0 Å². The number of hydrogen-bond acceptors (Lipinski definition) is 1. The molecule has 2 nitrogen and oxygen atoms in total. The third kappa shape index (κ3) is 1.81. The summed E-state index contributed by atoms with van der Waals surface area (Å²) < 4.78 is 2.21. The Morgan fingerprint density at radius 1 is 1.70 bits per heavy atom. The first-order valence-electron chi connectivity index (χ1n) is 4.12. The van der Waals surface area contributed by atoms with Crippen LogP contribution in [0.5, 0.6) is 0 Å². The van der Waals surface area contributed by atoms with Crippen LogP contribution in [0.1, 0.15) is 19.8 Å². The monoisotopic (exact) mass is 141 g/mol. The Kier molecular flexibility index (Phi) is 2.87. The number of hydrogen-bond donors (Lipinski definition) is 1. The maximum Gasteiger partial charge on any atom is 0.164 e. The molecular weight excluding hydrogens is 124 g/mol. The third-order valence-corrected chi connectivity index (χ3v) is 2.17. The van der Waals surface area contributed by atoms with Crippen molar-refractivity contribution in [3.05, 3.63) is 0 Å². The molecule has 1 fully saturated rings. The minimum absolute atomic E-state index is 0.655. The molecule has 0 bridgehead atoms. The first kappa shape index (κ1) is 7.73. The SMILES string of the molecule is C=[N+]1CCCNCC1CC. The highest BCUT2D eigenvalue weighted by atomic mass is 15.1. The van der Waals surface area contributed by atoms with E-state index < -0.39 is 0 Å². The zero-order chi connectivity index (χ0) is 7.40. The van der Waals surface area contributed by atoms with E-state index in [0.29, 0.717) is 6.04 Å². The summed E-state index contributed by atoms with van der Waals surface area (Å²) in [6.07, 6.45) is 2.44. The topological polar surface area (TPSA) is 15.0 Å². The Balaban J connectivity index is 2.43. The van der Waals surface area contributed by atoms with Gasteiger partial charge in [-0.3, -0.25) is 0 Å². The van der Waals surface area contributed by atoms with Gasteiger partial charge in [-0.2, -0.15) is 0 Å². The zero-order valence-electron chi connectivity index (χ0n) is 6.77. The molecule has 1 aliphatic heterocycles. The summed E-state index contributed by atoms with van der Waals surface area (Å²) in [6, 6.07) is 0.655. The molecule has 1 atom stereocenters. The van der Waals surface area contributed by atoms with E-state index in [1.807, 2.05) is 0 Å². The van der Waals surface area contributed by atoms with Gasteiger partial charge in [-0.05, 0) is 0 Å². The van der Waals surface area contributed by atoms with Crippen LogP contribution in [0.2, 0.25) is 0 Å². The molecule has 1 aliphatic rings. The molecule has 0 saturated carbocycles. The molecule has 2 heteroatoms. The lowest BCUT2D eigenvalue weighted by Crippen LogP contribution is -2.31. The Bertz CT molecular complexity index is 120. The Morgan fingerprint density at radius 3 is 3.20 bits per heavy atom. The van der Waals surface area contributed by atoms with Crippen molar-refractivity contribution in [1.29, 1.82) is 0 Å². The fourth-order valence-corrected chi connectivity index (χ4v) is 1.39. The second-order valence-electron chi connectivity index (χ2n) is 2.93. The van der Waals surface area contributed by atoms with Gasteiger partial charge in [-0.25, -0.2) is 4.58 Å². The second kappa shape index (κ2) is 3.71. The average Bonchev–Trinajstić information content (AvgIpc) is 2.13. The highest BCUT2D eigenvalue weighted by Crippen LogP contribution is 1.99. The molecule has 0 aromatic heterocycles. The smallest absolute Gasteiger partial charge is 0.164 e. The summed E-state index contributed by atoms with van der Waals surface area (Å²) in [5.74, 6) is 0. The summed E-state index contributed by atoms with van der Waals surface area (Å²) in [6.45, 7) is 9.63. The number of nitrogens with one attached hydrogen (secondary N) is 1. The summed E-state index contributed by atoms with van der Waals surface area (Å²) in [7, 11) is 0. The molecule has 58 valence electrons. The molecule has 0 amide bonds. The van der Waals surface area contributed by atoms with Gasteiger partial charge in [0.05, 0.1) is 6.54 Å². The van der Waals surface area contributed by atoms with Crippen LogP contribution in [0.4, 0.5) is 0 Å². The molecule has 1 saturated heterocycles. The van der Waals surface area contributed by atoms with E-state index in [1.54, 1.807) is 0 Å². The number of nitrogens with zero attached hydrogens (tertiary/aromatic N) is 1. The molecule has 0 aliphatic carbocycles. The molecule has 1 unspecified atom stereocenters. The molecule has 0 aromatic carbocycles. The van der Waals surface area contributed by atoms with E-state index in [2.05, 4.69) is 23.5 Å². The van der Waals surface area contributed by atoms with Crippen LogP contribution in [0, 0.1) is 0 Å². The molecule has 0 spiro atoms. The van der Waals surface area contributed by atoms with Gasteiger partial charge in [0.1, 0.15) is 13.3 Å². The predicted octanol–water partition coefficient (Wildman–Crippen LogP) is 0.471. The maximum absolute atomic E-state index is 4.00. The van der Waals surface area contributed by atoms with Gasteiger partial charge in [0.15, 0.2) is 6.04 Å². The standard InChI is InChI=1S/C8H17N2/c1-3-8-7-9-5-4-6-10(8)2/h8-9H,2-7H2,1H3/q+1. The molecule has 1 rings (SSSR count). The van der Waals surface area contributed by atoms with E-state index in [0.717, 1.165) is 19.6 Å². The van der Waals surface area contributed by atoms with Crippen LogP contribution in [0.25, 0.3) is 0 Å². The van der Waals surface area contributed by atoms with Crippen LogP contribution in [-0.2, 0) is 0 Å². The van der Waals surface area contributed by atoms with Crippen molar-refractivity contribution in [2.24, 2.45) is 0 Å². The van der Waals surface area contributed by atoms with E-state index in [4.69, 9.17) is 0 Å². The quantitative estimate of drug-likeness (QED) is 0.525. The second-order valence-corrected chi connectivity index (χ2v) is 2.93. The lowest BCUT2D eigenvalue weighted by atomic mass is 10.2. The normalized spacial score (nSPS) is 28.1. The van der Waals surface area contributed by atoms with Gasteiger partial charge in [0.2, 0.25) is 0 Å². The first-order chi connectivity index (χ1) is 4.84. The van der Waals surface area contributed by atoms with E-state index in [1.165, 1.54) is 12.8 Å². The predicted molar refractivity (Wildman–Crippen MR) is 43.8 cm³/mol. The fraction of sp³-hybridized carbons (Fsp3) is 0.875. The van der Waals surface area contributed by atoms with E-state index in [9.17, 15) is 0 Å². The van der Waals surface area contributed by atoms with E-state index >= 15 is 0 Å². The highest BCUT2D eigenvalue weighted by Gasteiger charge is 2.18. The summed E-state index contributed by atoms with van der Waals surface area (Å²) >= 11 is 0. The molecule has 0 radical (unpaired) electrons. The lowest BCUT2D eigenvalue weighted by Gasteiger charge is -2.08.